The second-order valence-electron chi connectivity index (χ2n) is 7.03. The van der Waals surface area contributed by atoms with Crippen molar-refractivity contribution in [2.45, 2.75) is 38.6 Å². The van der Waals surface area contributed by atoms with Gasteiger partial charge in [0.2, 0.25) is 5.91 Å². The zero-order chi connectivity index (χ0) is 20.2. The monoisotopic (exact) mass is 393 g/mol. The number of likely N-dealkylation sites (tertiary alicyclic amines) is 1. The minimum atomic E-state index is -0.0587. The molecule has 8 heteroatoms. The maximum absolute atomic E-state index is 13.0. The van der Waals surface area contributed by atoms with Gasteiger partial charge in [0, 0.05) is 49.6 Å². The number of hydrogen-bond acceptors (Lipinski definition) is 7. The highest BCUT2D eigenvalue weighted by Crippen LogP contribution is 2.36. The van der Waals surface area contributed by atoms with Crippen LogP contribution in [0.15, 0.2) is 41.3 Å². The number of rotatable bonds is 6. The minimum absolute atomic E-state index is 0.0587. The molecular formula is C21H23N5O3. The van der Waals surface area contributed by atoms with E-state index in [9.17, 15) is 4.79 Å². The lowest BCUT2D eigenvalue weighted by molar-refractivity contribution is -0.132. The molecule has 150 valence electrons. The van der Waals surface area contributed by atoms with Gasteiger partial charge in [-0.05, 0) is 42.6 Å². The molecule has 1 fully saturated rings. The molecule has 0 spiro atoms. The average Bonchev–Trinajstić information content (AvgIpc) is 3.42. The van der Waals surface area contributed by atoms with E-state index in [1.165, 1.54) is 7.11 Å². The van der Waals surface area contributed by atoms with Crippen LogP contribution in [-0.2, 0) is 11.2 Å². The summed E-state index contributed by atoms with van der Waals surface area (Å²) in [5.74, 6) is 1.84. The molecular weight excluding hydrogens is 370 g/mol. The van der Waals surface area contributed by atoms with E-state index in [0.29, 0.717) is 30.3 Å². The second kappa shape index (κ2) is 8.38. The van der Waals surface area contributed by atoms with Crippen LogP contribution >= 0.6 is 0 Å². The van der Waals surface area contributed by atoms with E-state index in [4.69, 9.17) is 14.2 Å². The average molecular weight is 393 g/mol. The van der Waals surface area contributed by atoms with Crippen molar-refractivity contribution in [1.29, 1.82) is 0 Å². The van der Waals surface area contributed by atoms with Crippen LogP contribution in [0.25, 0.3) is 11.1 Å². The molecule has 0 N–H and O–H groups in total. The van der Waals surface area contributed by atoms with Crippen LogP contribution in [0.2, 0.25) is 0 Å². The van der Waals surface area contributed by atoms with Gasteiger partial charge in [0.05, 0.1) is 18.8 Å². The Morgan fingerprint density at radius 3 is 2.93 bits per heavy atom. The fourth-order valence-electron chi connectivity index (χ4n) is 3.73. The Morgan fingerprint density at radius 2 is 2.17 bits per heavy atom. The number of nitrogens with zero attached hydrogens (tertiary/aromatic N) is 5. The van der Waals surface area contributed by atoms with Crippen molar-refractivity contribution in [1.82, 2.24) is 25.0 Å². The Bertz CT molecular complexity index is 989. The van der Waals surface area contributed by atoms with E-state index in [1.54, 1.807) is 18.5 Å². The Hall–Kier alpha value is -3.29. The van der Waals surface area contributed by atoms with Gasteiger partial charge in [-0.2, -0.15) is 0 Å². The molecule has 3 aromatic heterocycles. The van der Waals surface area contributed by atoms with Gasteiger partial charge in [0.25, 0.3) is 5.88 Å². The van der Waals surface area contributed by atoms with Crippen LogP contribution < -0.4 is 4.74 Å². The number of ether oxygens (including phenoxy) is 1. The van der Waals surface area contributed by atoms with Crippen molar-refractivity contribution in [2.75, 3.05) is 13.7 Å². The summed E-state index contributed by atoms with van der Waals surface area (Å²) >= 11 is 0. The van der Waals surface area contributed by atoms with Gasteiger partial charge >= 0.3 is 0 Å². The van der Waals surface area contributed by atoms with Crippen molar-refractivity contribution >= 4 is 5.91 Å². The Kier molecular flexibility index (Phi) is 5.50. The predicted molar refractivity (Wildman–Crippen MR) is 105 cm³/mol. The first-order valence-electron chi connectivity index (χ1n) is 9.68. The van der Waals surface area contributed by atoms with Crippen molar-refractivity contribution < 1.29 is 14.1 Å². The molecule has 1 saturated heterocycles. The number of aromatic nitrogens is 4. The van der Waals surface area contributed by atoms with E-state index in [0.717, 1.165) is 36.2 Å². The standard InChI is InChI=1S/C21H23N5O3/c1-14-23-13-17(15-7-9-22-10-8-15)21(24-14)18-4-3-11-26(18)20(27)6-5-16-12-19(28-2)25-29-16/h7-10,12-13,18H,3-6,11H2,1-2H3/t18-/m1/s1. The Labute approximate surface area is 168 Å². The van der Waals surface area contributed by atoms with Crippen LogP contribution in [0.3, 0.4) is 0 Å². The first-order chi connectivity index (χ1) is 14.2. The summed E-state index contributed by atoms with van der Waals surface area (Å²) in [6.07, 6.45) is 8.02. The molecule has 1 atom stereocenters. The van der Waals surface area contributed by atoms with Crippen LogP contribution in [0.1, 0.15) is 42.6 Å². The van der Waals surface area contributed by atoms with Gasteiger partial charge in [-0.25, -0.2) is 9.97 Å². The number of carbonyl (C=O) groups is 1. The molecule has 3 aromatic rings. The highest BCUT2D eigenvalue weighted by atomic mass is 16.5. The molecule has 0 saturated carbocycles. The molecule has 0 radical (unpaired) electrons. The molecule has 1 aliphatic heterocycles. The summed E-state index contributed by atoms with van der Waals surface area (Å²) in [5, 5.41) is 3.78. The van der Waals surface area contributed by atoms with E-state index in [1.807, 2.05) is 30.2 Å². The summed E-state index contributed by atoms with van der Waals surface area (Å²) in [6.45, 7) is 2.60. The summed E-state index contributed by atoms with van der Waals surface area (Å²) < 4.78 is 10.2. The van der Waals surface area contributed by atoms with E-state index in [-0.39, 0.29) is 11.9 Å². The van der Waals surface area contributed by atoms with E-state index in [2.05, 4.69) is 15.1 Å². The zero-order valence-corrected chi connectivity index (χ0v) is 16.5. The van der Waals surface area contributed by atoms with Crippen molar-refractivity contribution in [3.63, 3.8) is 0 Å². The van der Waals surface area contributed by atoms with E-state index >= 15 is 0 Å². The SMILES string of the molecule is COc1cc(CCC(=O)N2CCC[C@@H]2c2nc(C)ncc2-c2ccncc2)on1. The van der Waals surface area contributed by atoms with Gasteiger partial charge in [0.1, 0.15) is 11.6 Å². The number of pyridine rings is 1. The lowest BCUT2D eigenvalue weighted by Gasteiger charge is -2.26. The predicted octanol–water partition coefficient (Wildman–Crippen LogP) is 3.14. The fraction of sp³-hybridized carbons (Fsp3) is 0.381. The molecule has 4 heterocycles. The summed E-state index contributed by atoms with van der Waals surface area (Å²) in [4.78, 5) is 28.1. The third kappa shape index (κ3) is 4.11. The smallest absolute Gasteiger partial charge is 0.254 e. The van der Waals surface area contributed by atoms with Crippen molar-refractivity contribution in [3.8, 4) is 17.0 Å². The number of aryl methyl sites for hydroxylation is 2. The molecule has 8 nitrogen and oxygen atoms in total. The first-order valence-corrected chi connectivity index (χ1v) is 9.68. The normalized spacial score (nSPS) is 16.2. The van der Waals surface area contributed by atoms with Gasteiger partial charge in [0.15, 0.2) is 0 Å². The van der Waals surface area contributed by atoms with Crippen LogP contribution in [0.5, 0.6) is 5.88 Å². The maximum Gasteiger partial charge on any atom is 0.254 e. The fourth-order valence-corrected chi connectivity index (χ4v) is 3.73. The van der Waals surface area contributed by atoms with Gasteiger partial charge in [-0.1, -0.05) is 0 Å². The van der Waals surface area contributed by atoms with Crippen LogP contribution in [0, 0.1) is 6.92 Å². The van der Waals surface area contributed by atoms with E-state index < -0.39 is 0 Å². The first kappa shape index (κ1) is 19.0. The summed E-state index contributed by atoms with van der Waals surface area (Å²) in [7, 11) is 1.53. The largest absolute Gasteiger partial charge is 0.479 e. The molecule has 0 bridgehead atoms. The van der Waals surface area contributed by atoms with Gasteiger partial charge in [-0.15, -0.1) is 0 Å². The number of hydrogen-bond donors (Lipinski definition) is 0. The van der Waals surface area contributed by atoms with Gasteiger partial charge in [-0.3, -0.25) is 9.78 Å². The molecule has 29 heavy (non-hydrogen) atoms. The minimum Gasteiger partial charge on any atom is -0.479 e. The molecule has 0 aromatic carbocycles. The highest BCUT2D eigenvalue weighted by Gasteiger charge is 2.32. The lowest BCUT2D eigenvalue weighted by Crippen LogP contribution is -2.31. The number of methoxy groups -OCH3 is 1. The third-order valence-electron chi connectivity index (χ3n) is 5.15. The number of carbonyl (C=O) groups excluding carboxylic acids is 1. The quantitative estimate of drug-likeness (QED) is 0.635. The topological polar surface area (TPSA) is 94.2 Å². The van der Waals surface area contributed by atoms with Gasteiger partial charge < -0.3 is 14.2 Å². The molecule has 1 aliphatic rings. The Balaban J connectivity index is 1.55. The number of amides is 1. The molecule has 0 unspecified atom stereocenters. The molecule has 0 aliphatic carbocycles. The van der Waals surface area contributed by atoms with Crippen molar-refractivity contribution in [2.24, 2.45) is 0 Å². The van der Waals surface area contributed by atoms with Crippen LogP contribution in [-0.4, -0.2) is 44.6 Å². The molecule has 4 rings (SSSR count). The zero-order valence-electron chi connectivity index (χ0n) is 16.5. The third-order valence-corrected chi connectivity index (χ3v) is 5.15. The summed E-state index contributed by atoms with van der Waals surface area (Å²) in [5.41, 5.74) is 2.85. The van der Waals surface area contributed by atoms with Crippen LogP contribution in [0.4, 0.5) is 0 Å². The molecule has 1 amide bonds. The summed E-state index contributed by atoms with van der Waals surface area (Å²) in [6, 6.07) is 5.53. The maximum atomic E-state index is 13.0. The lowest BCUT2D eigenvalue weighted by atomic mass is 10.0. The van der Waals surface area contributed by atoms with Crippen molar-refractivity contribution in [3.05, 3.63) is 54.1 Å². The second-order valence-corrected chi connectivity index (χ2v) is 7.03. The Morgan fingerprint density at radius 1 is 1.34 bits per heavy atom. The highest BCUT2D eigenvalue weighted by molar-refractivity contribution is 5.78.